The Morgan fingerprint density at radius 2 is 1.91 bits per heavy atom. The van der Waals surface area contributed by atoms with Gasteiger partial charge < -0.3 is 20.4 Å². The van der Waals surface area contributed by atoms with Crippen LogP contribution in [-0.2, 0) is 0 Å². The summed E-state index contributed by atoms with van der Waals surface area (Å²) in [6, 6.07) is 10.5. The van der Waals surface area contributed by atoms with E-state index in [2.05, 4.69) is 30.6 Å². The van der Waals surface area contributed by atoms with Crippen molar-refractivity contribution in [1.82, 2.24) is 25.3 Å². The number of carbonyl (C=O) groups is 1. The van der Waals surface area contributed by atoms with Crippen LogP contribution in [0.15, 0.2) is 59.8 Å². The second-order valence-electron chi connectivity index (χ2n) is 7.03. The molecule has 0 spiro atoms. The van der Waals surface area contributed by atoms with Crippen LogP contribution in [-0.4, -0.2) is 39.5 Å². The quantitative estimate of drug-likeness (QED) is 0.411. The Bertz CT molecular complexity index is 1320. The first-order valence-electron chi connectivity index (χ1n) is 10.1. The molecule has 9 nitrogen and oxygen atoms in total. The van der Waals surface area contributed by atoms with Crippen molar-refractivity contribution in [2.45, 2.75) is 13.3 Å². The van der Waals surface area contributed by atoms with Crippen molar-refractivity contribution in [3.63, 3.8) is 0 Å². The molecule has 9 heteroatoms. The number of rotatable bonds is 7. The number of carbonyl (C=O) groups excluding carboxylic acids is 1. The molecule has 0 atom stereocenters. The van der Waals surface area contributed by atoms with Crippen molar-refractivity contribution in [3.05, 3.63) is 70.9 Å². The van der Waals surface area contributed by atoms with Crippen LogP contribution in [0, 0.1) is 0 Å². The van der Waals surface area contributed by atoms with Crippen molar-refractivity contribution < 1.29 is 9.53 Å². The molecule has 0 fully saturated rings. The first-order chi connectivity index (χ1) is 15.6. The number of aromatic nitrogens is 4. The molecule has 1 amide bonds. The van der Waals surface area contributed by atoms with Gasteiger partial charge in [0.2, 0.25) is 5.88 Å². The Morgan fingerprint density at radius 3 is 2.66 bits per heavy atom. The summed E-state index contributed by atoms with van der Waals surface area (Å²) in [5, 5.41) is 7.15. The average Bonchev–Trinajstić information content (AvgIpc) is 2.83. The highest BCUT2D eigenvalue weighted by atomic mass is 16.5. The number of amides is 1. The summed E-state index contributed by atoms with van der Waals surface area (Å²) < 4.78 is 5.16. The van der Waals surface area contributed by atoms with E-state index in [4.69, 9.17) is 4.74 Å². The lowest BCUT2D eigenvalue weighted by molar-refractivity contribution is 0.0953. The smallest absolute Gasteiger partial charge is 0.259 e. The van der Waals surface area contributed by atoms with Crippen molar-refractivity contribution in [3.8, 4) is 17.3 Å². The molecule has 0 unspecified atom stereocenters. The van der Waals surface area contributed by atoms with Crippen molar-refractivity contribution in [1.29, 1.82) is 0 Å². The highest BCUT2D eigenvalue weighted by Gasteiger charge is 2.13. The van der Waals surface area contributed by atoms with Gasteiger partial charge in [-0.05, 0) is 48.2 Å². The van der Waals surface area contributed by atoms with E-state index in [9.17, 15) is 9.59 Å². The molecular weight excluding hydrogens is 408 g/mol. The lowest BCUT2D eigenvalue weighted by Gasteiger charge is -2.12. The molecule has 0 aliphatic heterocycles. The minimum Gasteiger partial charge on any atom is -0.480 e. The normalized spacial score (nSPS) is 10.7. The second kappa shape index (κ2) is 9.25. The van der Waals surface area contributed by atoms with Gasteiger partial charge in [0.05, 0.1) is 30.6 Å². The van der Waals surface area contributed by atoms with Gasteiger partial charge in [0.15, 0.2) is 0 Å². The molecule has 4 rings (SSSR count). The number of benzene rings is 1. The molecular formula is C23H22N6O3. The molecule has 1 aromatic carbocycles. The zero-order chi connectivity index (χ0) is 22.5. The van der Waals surface area contributed by atoms with E-state index in [1.54, 1.807) is 48.8 Å². The largest absolute Gasteiger partial charge is 0.480 e. The summed E-state index contributed by atoms with van der Waals surface area (Å²) in [5.41, 5.74) is 2.02. The first kappa shape index (κ1) is 21.0. The fraction of sp³-hybridized carbons (Fsp3) is 0.174. The number of methoxy groups -OCH3 is 1. The Labute approximate surface area is 183 Å². The lowest BCUT2D eigenvalue weighted by Crippen LogP contribution is -2.23. The standard InChI is InChI=1S/C23H22N6O3/c1-3-9-25-22(30)14-4-6-16(7-5-14)27-21-20-15(8-10-26-23(20)31)11-17(29-21)18-12-24-13-19(28-18)32-2/h4-8,10-13H,3,9H2,1-2H3,(H,25,30)(H,26,31)(H,27,29). The Morgan fingerprint density at radius 1 is 1.09 bits per heavy atom. The van der Waals surface area contributed by atoms with Crippen molar-refractivity contribution >= 4 is 28.2 Å². The maximum atomic E-state index is 12.5. The summed E-state index contributed by atoms with van der Waals surface area (Å²) in [6.07, 6.45) is 5.54. The van der Waals surface area contributed by atoms with E-state index in [-0.39, 0.29) is 11.5 Å². The van der Waals surface area contributed by atoms with Crippen LogP contribution >= 0.6 is 0 Å². The van der Waals surface area contributed by atoms with Gasteiger partial charge >= 0.3 is 0 Å². The molecule has 0 aliphatic carbocycles. The molecule has 0 radical (unpaired) electrons. The van der Waals surface area contributed by atoms with E-state index >= 15 is 0 Å². The number of anilines is 2. The molecule has 0 saturated carbocycles. The van der Waals surface area contributed by atoms with Gasteiger partial charge in [-0.15, -0.1) is 0 Å². The molecule has 3 heterocycles. The van der Waals surface area contributed by atoms with Gasteiger partial charge in [-0.25, -0.2) is 9.97 Å². The van der Waals surface area contributed by atoms with E-state index in [1.807, 2.05) is 6.92 Å². The van der Waals surface area contributed by atoms with Gasteiger partial charge in [-0.2, -0.15) is 0 Å². The van der Waals surface area contributed by atoms with Crippen LogP contribution in [0.1, 0.15) is 23.7 Å². The number of ether oxygens (including phenoxy) is 1. The van der Waals surface area contributed by atoms with Crippen LogP contribution in [0.4, 0.5) is 11.5 Å². The molecule has 3 aromatic heterocycles. The SMILES string of the molecule is CCCNC(=O)c1ccc(Nc2nc(-c3cncc(OC)n3)cc3cc[nH]c(=O)c23)cc1. The van der Waals surface area contributed by atoms with E-state index in [0.717, 1.165) is 6.42 Å². The third-order valence-electron chi connectivity index (χ3n) is 4.78. The Balaban J connectivity index is 1.72. The number of aromatic amines is 1. The number of H-pyrrole nitrogens is 1. The van der Waals surface area contributed by atoms with Crippen LogP contribution in [0.3, 0.4) is 0 Å². The van der Waals surface area contributed by atoms with Crippen LogP contribution in [0.2, 0.25) is 0 Å². The third-order valence-corrected chi connectivity index (χ3v) is 4.78. The van der Waals surface area contributed by atoms with Gasteiger partial charge in [0, 0.05) is 24.0 Å². The third kappa shape index (κ3) is 4.41. The number of nitrogens with zero attached hydrogens (tertiary/aromatic N) is 3. The molecule has 0 aliphatic rings. The van der Waals surface area contributed by atoms with Gasteiger partial charge in [0.25, 0.3) is 11.5 Å². The summed E-state index contributed by atoms with van der Waals surface area (Å²) in [7, 11) is 1.51. The highest BCUT2D eigenvalue weighted by molar-refractivity contribution is 5.96. The Kier molecular flexibility index (Phi) is 6.07. The van der Waals surface area contributed by atoms with Crippen LogP contribution in [0.5, 0.6) is 5.88 Å². The van der Waals surface area contributed by atoms with Crippen LogP contribution in [0.25, 0.3) is 22.2 Å². The molecule has 32 heavy (non-hydrogen) atoms. The second-order valence-corrected chi connectivity index (χ2v) is 7.03. The van der Waals surface area contributed by atoms with Gasteiger partial charge in [0.1, 0.15) is 11.5 Å². The van der Waals surface area contributed by atoms with Gasteiger partial charge in [-0.3, -0.25) is 14.6 Å². The molecule has 3 N–H and O–H groups in total. The Hall–Kier alpha value is -4.27. The maximum Gasteiger partial charge on any atom is 0.259 e. The fourth-order valence-corrected chi connectivity index (χ4v) is 3.19. The monoisotopic (exact) mass is 430 g/mol. The van der Waals surface area contributed by atoms with E-state index < -0.39 is 0 Å². The number of nitrogens with one attached hydrogen (secondary N) is 3. The maximum absolute atomic E-state index is 12.5. The topological polar surface area (TPSA) is 122 Å². The fourth-order valence-electron chi connectivity index (χ4n) is 3.19. The zero-order valence-electron chi connectivity index (χ0n) is 17.7. The molecule has 0 saturated heterocycles. The van der Waals surface area contributed by atoms with Crippen LogP contribution < -0.4 is 20.9 Å². The van der Waals surface area contributed by atoms with Gasteiger partial charge in [-0.1, -0.05) is 6.92 Å². The summed E-state index contributed by atoms with van der Waals surface area (Å²) in [6.45, 7) is 2.62. The molecule has 162 valence electrons. The molecule has 0 bridgehead atoms. The number of hydrogen-bond donors (Lipinski definition) is 3. The minimum atomic E-state index is -0.267. The predicted octanol–water partition coefficient (Wildman–Crippen LogP) is 3.27. The highest BCUT2D eigenvalue weighted by Crippen LogP contribution is 2.27. The average molecular weight is 430 g/mol. The minimum absolute atomic E-state index is 0.128. The predicted molar refractivity (Wildman–Crippen MR) is 122 cm³/mol. The summed E-state index contributed by atoms with van der Waals surface area (Å²) in [5.74, 6) is 0.603. The molecule has 4 aromatic rings. The zero-order valence-corrected chi connectivity index (χ0v) is 17.7. The lowest BCUT2D eigenvalue weighted by atomic mass is 10.1. The number of hydrogen-bond acceptors (Lipinski definition) is 7. The van der Waals surface area contributed by atoms with Crippen molar-refractivity contribution in [2.75, 3.05) is 19.0 Å². The summed E-state index contributed by atoms with van der Waals surface area (Å²) in [4.78, 5) is 40.5. The number of fused-ring (bicyclic) bond motifs is 1. The van der Waals surface area contributed by atoms with E-state index in [1.165, 1.54) is 13.3 Å². The number of pyridine rings is 2. The summed E-state index contributed by atoms with van der Waals surface area (Å²) >= 11 is 0. The van der Waals surface area contributed by atoms with E-state index in [0.29, 0.717) is 51.7 Å². The van der Waals surface area contributed by atoms with Crippen molar-refractivity contribution in [2.24, 2.45) is 0 Å². The first-order valence-corrected chi connectivity index (χ1v) is 10.1.